The first-order chi connectivity index (χ1) is 21.7. The summed E-state index contributed by atoms with van der Waals surface area (Å²) in [6, 6.07) is 14.1. The molecule has 45 heavy (non-hydrogen) atoms. The molecule has 0 saturated heterocycles. The van der Waals surface area contributed by atoms with Crippen LogP contribution in [0.2, 0.25) is 0 Å². The average molecular weight is 698 g/mol. The zero-order valence-corrected chi connectivity index (χ0v) is 27.6. The third-order valence-corrected chi connectivity index (χ3v) is 8.83. The molecule has 0 aliphatic carbocycles. The summed E-state index contributed by atoms with van der Waals surface area (Å²) in [5.74, 6) is 0.674. The topological polar surface area (TPSA) is 97.6 Å². The van der Waals surface area contributed by atoms with Gasteiger partial charge in [0.2, 0.25) is 0 Å². The molecule has 1 aliphatic rings. The second kappa shape index (κ2) is 13.7. The summed E-state index contributed by atoms with van der Waals surface area (Å²) in [4.78, 5) is 32.6. The van der Waals surface area contributed by atoms with Gasteiger partial charge in [0.1, 0.15) is 12.4 Å². The number of thiazole rings is 1. The Morgan fingerprint density at radius 3 is 2.44 bits per heavy atom. The van der Waals surface area contributed by atoms with Gasteiger partial charge in [0.05, 0.1) is 49.8 Å². The normalized spacial score (nSPS) is 14.5. The molecule has 1 atom stereocenters. The Morgan fingerprint density at radius 2 is 1.76 bits per heavy atom. The maximum atomic E-state index is 14.3. The highest BCUT2D eigenvalue weighted by Gasteiger charge is 2.35. The van der Waals surface area contributed by atoms with E-state index >= 15 is 0 Å². The average Bonchev–Trinajstić information content (AvgIpc) is 3.33. The molecule has 1 aromatic heterocycles. The minimum atomic E-state index is -0.890. The molecular weight excluding hydrogens is 667 g/mol. The van der Waals surface area contributed by atoms with Gasteiger partial charge in [0.15, 0.2) is 27.8 Å². The fourth-order valence-corrected chi connectivity index (χ4v) is 6.61. The van der Waals surface area contributed by atoms with Gasteiger partial charge in [-0.3, -0.25) is 9.36 Å². The van der Waals surface area contributed by atoms with E-state index < -0.39 is 17.8 Å². The number of nitrogens with zero attached hydrogens (tertiary/aromatic N) is 2. The van der Waals surface area contributed by atoms with Crippen LogP contribution in [-0.2, 0) is 16.1 Å². The van der Waals surface area contributed by atoms with Crippen LogP contribution in [0.4, 0.5) is 4.39 Å². The van der Waals surface area contributed by atoms with Crippen molar-refractivity contribution in [1.82, 2.24) is 4.57 Å². The van der Waals surface area contributed by atoms with Crippen molar-refractivity contribution in [2.45, 2.75) is 26.5 Å². The second-order valence-corrected chi connectivity index (χ2v) is 11.7. The van der Waals surface area contributed by atoms with Crippen molar-refractivity contribution in [1.29, 1.82) is 0 Å². The van der Waals surface area contributed by atoms with E-state index in [2.05, 4.69) is 20.9 Å². The number of esters is 1. The standard InChI is InChI=1S/C33H30BrFN2O7S/c1-6-43-32(39)28-18(2)36-33-37(29(28)21-15-25(41-4)26(42-5)16-22(21)34)31(38)27(45-33)14-19-11-9-13-24(40-3)30(19)44-17-20-10-7-8-12-23(20)35/h7-16,29H,6,17H2,1-5H3/b27-14-/t29-/m1/s1. The molecule has 2 heterocycles. The molecule has 234 valence electrons. The third kappa shape index (κ3) is 6.25. The zero-order chi connectivity index (χ0) is 32.2. The fourth-order valence-electron chi connectivity index (χ4n) is 5.03. The molecule has 9 nitrogen and oxygen atoms in total. The number of carbonyl (C=O) groups excluding carboxylic acids is 1. The number of para-hydroxylation sites is 1. The van der Waals surface area contributed by atoms with Crippen molar-refractivity contribution < 1.29 is 32.9 Å². The number of benzene rings is 3. The lowest BCUT2D eigenvalue weighted by atomic mass is 9.95. The molecule has 12 heteroatoms. The van der Waals surface area contributed by atoms with Crippen LogP contribution in [0, 0.1) is 5.82 Å². The lowest BCUT2D eigenvalue weighted by molar-refractivity contribution is -0.139. The highest BCUT2D eigenvalue weighted by atomic mass is 79.9. The molecular formula is C33H30BrFN2O7S. The molecule has 0 unspecified atom stereocenters. The number of halogens is 2. The van der Waals surface area contributed by atoms with Crippen LogP contribution in [-0.4, -0.2) is 38.5 Å². The predicted molar refractivity (Wildman–Crippen MR) is 171 cm³/mol. The molecule has 0 radical (unpaired) electrons. The highest BCUT2D eigenvalue weighted by Crippen LogP contribution is 2.41. The molecule has 0 amide bonds. The number of aromatic nitrogens is 1. The van der Waals surface area contributed by atoms with Crippen molar-refractivity contribution in [3.05, 3.63) is 113 Å². The van der Waals surface area contributed by atoms with Crippen molar-refractivity contribution in [3.8, 4) is 23.0 Å². The summed E-state index contributed by atoms with van der Waals surface area (Å²) in [6.07, 6.45) is 1.67. The van der Waals surface area contributed by atoms with Gasteiger partial charge >= 0.3 is 5.97 Å². The number of allylic oxidation sites excluding steroid dienone is 1. The number of rotatable bonds is 10. The van der Waals surface area contributed by atoms with Gasteiger partial charge in [-0.05, 0) is 49.8 Å². The van der Waals surface area contributed by atoms with E-state index in [0.29, 0.717) is 59.2 Å². The summed E-state index contributed by atoms with van der Waals surface area (Å²) in [5.41, 5.74) is 1.75. The quantitative estimate of drug-likeness (QED) is 0.208. The van der Waals surface area contributed by atoms with Crippen molar-refractivity contribution in [2.75, 3.05) is 27.9 Å². The molecule has 0 bridgehead atoms. The minimum Gasteiger partial charge on any atom is -0.493 e. The van der Waals surface area contributed by atoms with Crippen LogP contribution >= 0.6 is 27.3 Å². The smallest absolute Gasteiger partial charge is 0.338 e. The van der Waals surface area contributed by atoms with E-state index in [4.69, 9.17) is 23.7 Å². The molecule has 3 aromatic carbocycles. The van der Waals surface area contributed by atoms with Crippen LogP contribution in [0.25, 0.3) is 6.08 Å². The van der Waals surface area contributed by atoms with E-state index in [1.165, 1.54) is 32.0 Å². The maximum absolute atomic E-state index is 14.3. The first-order valence-electron chi connectivity index (χ1n) is 13.9. The van der Waals surface area contributed by atoms with Crippen LogP contribution in [0.5, 0.6) is 23.0 Å². The zero-order valence-electron chi connectivity index (χ0n) is 25.2. The van der Waals surface area contributed by atoms with Crippen LogP contribution in [0.3, 0.4) is 0 Å². The Morgan fingerprint density at radius 1 is 1.04 bits per heavy atom. The van der Waals surface area contributed by atoms with Crippen molar-refractivity contribution in [3.63, 3.8) is 0 Å². The minimum absolute atomic E-state index is 0.0510. The van der Waals surface area contributed by atoms with E-state index in [-0.39, 0.29) is 24.3 Å². The number of ether oxygens (including phenoxy) is 5. The number of hydrogen-bond acceptors (Lipinski definition) is 9. The van der Waals surface area contributed by atoms with Gasteiger partial charge in [0, 0.05) is 15.6 Å². The molecule has 0 fully saturated rings. The number of fused-ring (bicyclic) bond motifs is 1. The van der Waals surface area contributed by atoms with Crippen LogP contribution in [0.1, 0.15) is 36.6 Å². The second-order valence-electron chi connectivity index (χ2n) is 9.79. The Labute approximate surface area is 270 Å². The molecule has 0 spiro atoms. The van der Waals surface area contributed by atoms with Crippen molar-refractivity contribution in [2.24, 2.45) is 4.99 Å². The Kier molecular flexibility index (Phi) is 9.74. The summed E-state index contributed by atoms with van der Waals surface area (Å²) < 4.78 is 44.7. The summed E-state index contributed by atoms with van der Waals surface area (Å²) in [6.45, 7) is 3.52. The maximum Gasteiger partial charge on any atom is 0.338 e. The number of methoxy groups -OCH3 is 3. The lowest BCUT2D eigenvalue weighted by Crippen LogP contribution is -2.40. The van der Waals surface area contributed by atoms with Gasteiger partial charge in [-0.25, -0.2) is 14.2 Å². The number of carbonyl (C=O) groups is 1. The van der Waals surface area contributed by atoms with E-state index in [1.807, 2.05) is 0 Å². The van der Waals surface area contributed by atoms with Gasteiger partial charge in [0.25, 0.3) is 5.56 Å². The van der Waals surface area contributed by atoms with E-state index in [9.17, 15) is 14.0 Å². The Hall–Kier alpha value is -4.42. The lowest BCUT2D eigenvalue weighted by Gasteiger charge is -2.26. The van der Waals surface area contributed by atoms with E-state index in [1.54, 1.807) is 68.5 Å². The summed E-state index contributed by atoms with van der Waals surface area (Å²) in [5, 5.41) is 0. The monoisotopic (exact) mass is 696 g/mol. The Balaban J connectivity index is 1.69. The van der Waals surface area contributed by atoms with Gasteiger partial charge in [-0.15, -0.1) is 0 Å². The molecule has 5 rings (SSSR count). The van der Waals surface area contributed by atoms with Gasteiger partial charge in [-0.1, -0.05) is 57.6 Å². The number of hydrogen-bond donors (Lipinski definition) is 0. The third-order valence-electron chi connectivity index (χ3n) is 7.16. The Bertz CT molecular complexity index is 1990. The SMILES string of the molecule is CCOC(=O)C1=C(C)N=c2s/c(=C\c3cccc(OC)c3OCc3ccccc3F)c(=O)n2[C@@H]1c1cc(OC)c(OC)cc1Br. The highest BCUT2D eigenvalue weighted by molar-refractivity contribution is 9.10. The first-order valence-corrected chi connectivity index (χ1v) is 15.5. The van der Waals surface area contributed by atoms with Crippen LogP contribution in [0.15, 0.2) is 80.1 Å². The molecule has 0 saturated carbocycles. The molecule has 1 aliphatic heterocycles. The van der Waals surface area contributed by atoms with E-state index in [0.717, 1.165) is 11.3 Å². The van der Waals surface area contributed by atoms with Crippen LogP contribution < -0.4 is 33.8 Å². The summed E-state index contributed by atoms with van der Waals surface area (Å²) >= 11 is 4.77. The van der Waals surface area contributed by atoms with Crippen molar-refractivity contribution >= 4 is 39.3 Å². The summed E-state index contributed by atoms with van der Waals surface area (Å²) in [7, 11) is 4.53. The predicted octanol–water partition coefficient (Wildman–Crippen LogP) is 5.30. The fraction of sp³-hybridized carbons (Fsp3) is 0.242. The molecule has 0 N–H and O–H groups in total. The van der Waals surface area contributed by atoms with Gasteiger partial charge < -0.3 is 23.7 Å². The first kappa shape index (κ1) is 32.0. The molecule has 4 aromatic rings. The van der Waals surface area contributed by atoms with Gasteiger partial charge in [-0.2, -0.15) is 0 Å². The largest absolute Gasteiger partial charge is 0.493 e.